The number of rotatable bonds is 2. The summed E-state index contributed by atoms with van der Waals surface area (Å²) in [5, 5.41) is 8.85. The number of alkyl halides is 1. The molecular formula is C9H10BrFN2O4. The van der Waals surface area contributed by atoms with E-state index in [1.165, 1.54) is 6.20 Å². The Balaban J connectivity index is 2.34. The average molecular weight is 309 g/mol. The number of halogens is 2. The number of hydrogen-bond donors (Lipinski definition) is 2. The number of ether oxygens (including phenoxy) is 1. The van der Waals surface area contributed by atoms with Gasteiger partial charge in [0.05, 0.1) is 17.7 Å². The predicted octanol–water partition coefficient (Wildman–Crippen LogP) is -0.0814. The molecule has 17 heavy (non-hydrogen) atoms. The van der Waals surface area contributed by atoms with Crippen LogP contribution in [0.15, 0.2) is 20.3 Å². The molecule has 0 aromatic carbocycles. The van der Waals surface area contributed by atoms with Crippen LogP contribution in [0, 0.1) is 0 Å². The number of aliphatic hydroxyl groups excluding tert-OH is 1. The Morgan fingerprint density at radius 1 is 1.71 bits per heavy atom. The lowest BCUT2D eigenvalue weighted by atomic mass is 10.1. The van der Waals surface area contributed by atoms with Gasteiger partial charge in [-0.15, -0.1) is 0 Å². The Morgan fingerprint density at radius 3 is 3.00 bits per heavy atom. The molecule has 1 aromatic heterocycles. The molecule has 1 saturated heterocycles. The third-order valence-corrected chi connectivity index (χ3v) is 3.16. The molecule has 1 aliphatic rings. The first-order valence-corrected chi connectivity index (χ1v) is 5.67. The van der Waals surface area contributed by atoms with E-state index >= 15 is 0 Å². The van der Waals surface area contributed by atoms with Gasteiger partial charge in [0.2, 0.25) is 0 Å². The van der Waals surface area contributed by atoms with Crippen molar-refractivity contribution >= 4 is 15.9 Å². The highest BCUT2D eigenvalue weighted by Crippen LogP contribution is 2.33. The van der Waals surface area contributed by atoms with Crippen molar-refractivity contribution in [3.63, 3.8) is 0 Å². The molecule has 0 bridgehead atoms. The van der Waals surface area contributed by atoms with E-state index in [1.807, 2.05) is 0 Å². The second-order valence-corrected chi connectivity index (χ2v) is 4.78. The molecule has 2 N–H and O–H groups in total. The SMILES string of the molecule is O=c1[nH]c(=O)n([C@H]2C[C@](F)(CO)CO2)cc1Br. The topological polar surface area (TPSA) is 84.3 Å². The molecule has 2 atom stereocenters. The summed E-state index contributed by atoms with van der Waals surface area (Å²) in [6, 6.07) is 0. The Kier molecular flexibility index (Phi) is 3.19. The predicted molar refractivity (Wildman–Crippen MR) is 59.6 cm³/mol. The van der Waals surface area contributed by atoms with Gasteiger partial charge in [-0.3, -0.25) is 14.3 Å². The Morgan fingerprint density at radius 2 is 2.41 bits per heavy atom. The second kappa shape index (κ2) is 4.35. The fraction of sp³-hybridized carbons (Fsp3) is 0.556. The molecule has 2 heterocycles. The standard InChI is InChI=1S/C9H10BrFN2O4/c10-5-2-13(8(16)12-7(5)15)6-1-9(11,3-14)4-17-6/h2,6,14H,1,3-4H2,(H,12,15,16)/t6-,9+/m1/s1. The first kappa shape index (κ1) is 12.5. The van der Waals surface area contributed by atoms with Crippen molar-refractivity contribution in [2.24, 2.45) is 0 Å². The lowest BCUT2D eigenvalue weighted by Gasteiger charge is -2.14. The van der Waals surface area contributed by atoms with Crippen LogP contribution in [0.5, 0.6) is 0 Å². The van der Waals surface area contributed by atoms with Gasteiger partial charge in [0.25, 0.3) is 5.56 Å². The third kappa shape index (κ3) is 2.33. The van der Waals surface area contributed by atoms with Crippen LogP contribution in [0.25, 0.3) is 0 Å². The summed E-state index contributed by atoms with van der Waals surface area (Å²) in [6.45, 7) is -0.944. The van der Waals surface area contributed by atoms with E-state index in [0.29, 0.717) is 0 Å². The molecule has 6 nitrogen and oxygen atoms in total. The largest absolute Gasteiger partial charge is 0.393 e. The highest BCUT2D eigenvalue weighted by Gasteiger charge is 2.41. The van der Waals surface area contributed by atoms with Crippen LogP contribution in [0.4, 0.5) is 4.39 Å². The Bertz CT molecular complexity index is 543. The fourth-order valence-electron chi connectivity index (χ4n) is 1.64. The van der Waals surface area contributed by atoms with E-state index in [4.69, 9.17) is 9.84 Å². The zero-order valence-electron chi connectivity index (χ0n) is 8.65. The summed E-state index contributed by atoms with van der Waals surface area (Å²) in [6.07, 6.45) is 0.282. The number of aromatic nitrogens is 2. The minimum atomic E-state index is -1.84. The van der Waals surface area contributed by atoms with Crippen LogP contribution in [0.2, 0.25) is 0 Å². The van der Waals surface area contributed by atoms with Crippen molar-refractivity contribution in [3.8, 4) is 0 Å². The third-order valence-electron chi connectivity index (χ3n) is 2.59. The maximum Gasteiger partial charge on any atom is 0.330 e. The van der Waals surface area contributed by atoms with Gasteiger partial charge in [0.1, 0.15) is 6.23 Å². The minimum Gasteiger partial charge on any atom is -0.393 e. The number of nitrogens with zero attached hydrogens (tertiary/aromatic N) is 1. The van der Waals surface area contributed by atoms with E-state index in [9.17, 15) is 14.0 Å². The molecule has 1 aliphatic heterocycles. The summed E-state index contributed by atoms with van der Waals surface area (Å²) in [7, 11) is 0. The van der Waals surface area contributed by atoms with Crippen LogP contribution >= 0.6 is 15.9 Å². The van der Waals surface area contributed by atoms with Crippen molar-refractivity contribution in [1.29, 1.82) is 0 Å². The maximum absolute atomic E-state index is 13.7. The van der Waals surface area contributed by atoms with Crippen LogP contribution < -0.4 is 11.2 Å². The van der Waals surface area contributed by atoms with E-state index in [0.717, 1.165) is 4.57 Å². The number of aromatic amines is 1. The number of nitrogens with one attached hydrogen (secondary N) is 1. The normalized spacial score (nSPS) is 28.5. The quantitative estimate of drug-likeness (QED) is 0.800. The van der Waals surface area contributed by atoms with Crippen molar-refractivity contribution in [3.05, 3.63) is 31.5 Å². The van der Waals surface area contributed by atoms with E-state index < -0.39 is 29.8 Å². The zero-order chi connectivity index (χ0) is 12.6. The lowest BCUT2D eigenvalue weighted by molar-refractivity contribution is 0.0272. The van der Waals surface area contributed by atoms with Crippen LogP contribution in [-0.4, -0.2) is 33.5 Å². The summed E-state index contributed by atoms with van der Waals surface area (Å²) >= 11 is 2.97. The zero-order valence-corrected chi connectivity index (χ0v) is 10.2. The first-order valence-electron chi connectivity index (χ1n) is 4.87. The molecule has 0 spiro atoms. The molecule has 0 unspecified atom stereocenters. The lowest BCUT2D eigenvalue weighted by Crippen LogP contribution is -2.33. The molecular weight excluding hydrogens is 299 g/mol. The van der Waals surface area contributed by atoms with Crippen LogP contribution in [0.1, 0.15) is 12.6 Å². The summed E-state index contributed by atoms with van der Waals surface area (Å²) in [4.78, 5) is 24.7. The molecule has 0 radical (unpaired) electrons. The van der Waals surface area contributed by atoms with Gasteiger partial charge in [-0.05, 0) is 15.9 Å². The highest BCUT2D eigenvalue weighted by molar-refractivity contribution is 9.10. The molecule has 1 fully saturated rings. The van der Waals surface area contributed by atoms with Gasteiger partial charge in [0.15, 0.2) is 5.67 Å². The summed E-state index contributed by atoms with van der Waals surface area (Å²) in [5.74, 6) is 0. The highest BCUT2D eigenvalue weighted by atomic mass is 79.9. The molecule has 2 rings (SSSR count). The molecule has 8 heteroatoms. The van der Waals surface area contributed by atoms with Gasteiger partial charge in [-0.2, -0.15) is 0 Å². The smallest absolute Gasteiger partial charge is 0.330 e. The van der Waals surface area contributed by atoms with E-state index in [1.54, 1.807) is 0 Å². The van der Waals surface area contributed by atoms with Gasteiger partial charge in [-0.25, -0.2) is 9.18 Å². The number of aliphatic hydroxyl groups is 1. The van der Waals surface area contributed by atoms with Gasteiger partial charge >= 0.3 is 5.69 Å². The van der Waals surface area contributed by atoms with Gasteiger partial charge in [-0.1, -0.05) is 0 Å². The van der Waals surface area contributed by atoms with E-state index in [2.05, 4.69) is 20.9 Å². The Hall–Kier alpha value is -0.990. The van der Waals surface area contributed by atoms with E-state index in [-0.39, 0.29) is 17.5 Å². The van der Waals surface area contributed by atoms with Crippen molar-refractivity contribution in [1.82, 2.24) is 9.55 Å². The number of H-pyrrole nitrogens is 1. The van der Waals surface area contributed by atoms with Crippen molar-refractivity contribution in [2.45, 2.75) is 18.3 Å². The minimum absolute atomic E-state index is 0.137. The summed E-state index contributed by atoms with van der Waals surface area (Å²) < 4.78 is 20.1. The average Bonchev–Trinajstić information content (AvgIpc) is 2.67. The Labute approximate surface area is 103 Å². The molecule has 0 amide bonds. The molecule has 94 valence electrons. The van der Waals surface area contributed by atoms with Crippen molar-refractivity contribution < 1.29 is 14.2 Å². The second-order valence-electron chi connectivity index (χ2n) is 3.92. The van der Waals surface area contributed by atoms with Crippen LogP contribution in [-0.2, 0) is 4.74 Å². The first-order chi connectivity index (χ1) is 7.95. The van der Waals surface area contributed by atoms with Gasteiger partial charge < -0.3 is 9.84 Å². The molecule has 0 aliphatic carbocycles. The maximum atomic E-state index is 13.7. The molecule has 1 aromatic rings. The number of hydrogen-bond acceptors (Lipinski definition) is 4. The van der Waals surface area contributed by atoms with Crippen molar-refractivity contribution in [2.75, 3.05) is 13.2 Å². The monoisotopic (exact) mass is 308 g/mol. The summed E-state index contributed by atoms with van der Waals surface area (Å²) in [5.41, 5.74) is -3.07. The molecule has 0 saturated carbocycles. The van der Waals surface area contributed by atoms with Crippen LogP contribution in [0.3, 0.4) is 0 Å². The van der Waals surface area contributed by atoms with Gasteiger partial charge in [0, 0.05) is 12.6 Å². The fourth-order valence-corrected chi connectivity index (χ4v) is 1.96.